The molecule has 0 fully saturated rings. The van der Waals surface area contributed by atoms with E-state index in [0.717, 1.165) is 9.69 Å². The molecule has 1 atom stereocenters. The van der Waals surface area contributed by atoms with E-state index in [2.05, 4.69) is 25.8 Å². The topological polar surface area (TPSA) is 103 Å². The molecular formula is C13H12N6O2S. The Morgan fingerprint density at radius 3 is 2.77 bits per heavy atom. The number of hydrogen-bond acceptors (Lipinski definition) is 7. The largest absolute Gasteiger partial charge is 0.299 e. The lowest BCUT2D eigenvalue weighted by molar-refractivity contribution is -0.119. The van der Waals surface area contributed by atoms with Crippen molar-refractivity contribution in [1.29, 1.82) is 0 Å². The van der Waals surface area contributed by atoms with Gasteiger partial charge in [0.2, 0.25) is 5.13 Å². The van der Waals surface area contributed by atoms with Crippen molar-refractivity contribution in [3.8, 4) is 0 Å². The lowest BCUT2D eigenvalue weighted by atomic mass is 10.2. The van der Waals surface area contributed by atoms with E-state index < -0.39 is 11.9 Å². The summed E-state index contributed by atoms with van der Waals surface area (Å²) in [5, 5.41) is 19.6. The van der Waals surface area contributed by atoms with Crippen molar-refractivity contribution in [1.82, 2.24) is 25.2 Å². The summed E-state index contributed by atoms with van der Waals surface area (Å²) in [6.07, 6.45) is 0. The summed E-state index contributed by atoms with van der Waals surface area (Å²) in [5.41, 5.74) is 0.137. The Morgan fingerprint density at radius 2 is 2.05 bits per heavy atom. The zero-order chi connectivity index (χ0) is 15.7. The van der Waals surface area contributed by atoms with Gasteiger partial charge in [0.25, 0.3) is 11.5 Å². The fraction of sp³-hybridized carbons (Fsp3) is 0.231. The molecule has 0 radical (unpaired) electrons. The van der Waals surface area contributed by atoms with Crippen molar-refractivity contribution in [3.63, 3.8) is 0 Å². The Balaban J connectivity index is 1.91. The van der Waals surface area contributed by atoms with Crippen LogP contribution in [0.5, 0.6) is 0 Å². The molecule has 0 aliphatic rings. The van der Waals surface area contributed by atoms with Gasteiger partial charge in [-0.3, -0.25) is 14.9 Å². The minimum absolute atomic E-state index is 0.360. The maximum absolute atomic E-state index is 12.4. The highest BCUT2D eigenvalue weighted by atomic mass is 32.1. The molecule has 2 heterocycles. The lowest BCUT2D eigenvalue weighted by Crippen LogP contribution is -2.34. The van der Waals surface area contributed by atoms with E-state index in [1.54, 1.807) is 38.1 Å². The van der Waals surface area contributed by atoms with Gasteiger partial charge in [-0.15, -0.1) is 15.3 Å². The van der Waals surface area contributed by atoms with Gasteiger partial charge in [0.05, 0.1) is 5.39 Å². The van der Waals surface area contributed by atoms with Crippen LogP contribution in [-0.4, -0.2) is 31.1 Å². The standard InChI is InChI=1S/C13H12N6O2S/c1-7(11(20)14-13-17-15-8(2)22-13)19-12(21)9-5-3-4-6-10(9)16-18-19/h3-7H,1-2H3,(H,14,17,20)/t7-/m1/s1. The van der Waals surface area contributed by atoms with Crippen LogP contribution in [0.15, 0.2) is 29.1 Å². The highest BCUT2D eigenvalue weighted by molar-refractivity contribution is 7.15. The summed E-state index contributed by atoms with van der Waals surface area (Å²) in [7, 11) is 0. The molecule has 1 N–H and O–H groups in total. The highest BCUT2D eigenvalue weighted by Gasteiger charge is 2.20. The highest BCUT2D eigenvalue weighted by Crippen LogP contribution is 2.15. The Hall–Kier alpha value is -2.68. The van der Waals surface area contributed by atoms with Crippen molar-refractivity contribution in [2.24, 2.45) is 0 Å². The molecule has 0 aliphatic heterocycles. The summed E-state index contributed by atoms with van der Waals surface area (Å²) in [6, 6.07) is 6.05. The number of fused-ring (bicyclic) bond motifs is 1. The minimum atomic E-state index is -0.811. The Kier molecular flexibility index (Phi) is 3.63. The average Bonchev–Trinajstić information content (AvgIpc) is 2.92. The fourth-order valence-electron chi connectivity index (χ4n) is 1.92. The summed E-state index contributed by atoms with van der Waals surface area (Å²) in [4.78, 5) is 24.6. The number of benzene rings is 1. The number of aromatic nitrogens is 5. The summed E-state index contributed by atoms with van der Waals surface area (Å²) in [5.74, 6) is -0.400. The number of carbonyl (C=O) groups is 1. The molecule has 8 nitrogen and oxygen atoms in total. The van der Waals surface area contributed by atoms with Gasteiger partial charge in [-0.25, -0.2) is 0 Å². The molecule has 9 heteroatoms. The van der Waals surface area contributed by atoms with Crippen molar-refractivity contribution in [2.75, 3.05) is 5.32 Å². The predicted octanol–water partition coefficient (Wildman–Crippen LogP) is 1.15. The van der Waals surface area contributed by atoms with Crippen LogP contribution in [0.3, 0.4) is 0 Å². The van der Waals surface area contributed by atoms with Crippen LogP contribution in [0, 0.1) is 6.92 Å². The van der Waals surface area contributed by atoms with E-state index in [-0.39, 0.29) is 5.56 Å². The third kappa shape index (κ3) is 2.58. The van der Waals surface area contributed by atoms with Gasteiger partial charge < -0.3 is 0 Å². The first-order valence-corrected chi connectivity index (χ1v) is 7.33. The van der Waals surface area contributed by atoms with E-state index in [9.17, 15) is 9.59 Å². The second-order valence-electron chi connectivity index (χ2n) is 4.65. The maximum atomic E-state index is 12.4. The van der Waals surface area contributed by atoms with Gasteiger partial charge >= 0.3 is 0 Å². The third-order valence-corrected chi connectivity index (χ3v) is 3.85. The predicted molar refractivity (Wildman–Crippen MR) is 81.8 cm³/mol. The number of amides is 1. The molecule has 22 heavy (non-hydrogen) atoms. The first-order chi connectivity index (χ1) is 10.6. The molecule has 0 spiro atoms. The van der Waals surface area contributed by atoms with E-state index in [1.807, 2.05) is 0 Å². The molecule has 0 bridgehead atoms. The first kappa shape index (κ1) is 14.3. The zero-order valence-electron chi connectivity index (χ0n) is 11.8. The number of nitrogens with one attached hydrogen (secondary N) is 1. The molecule has 2 aromatic heterocycles. The molecule has 3 aromatic rings. The number of carbonyl (C=O) groups excluding carboxylic acids is 1. The Bertz CT molecular complexity index is 903. The molecular weight excluding hydrogens is 304 g/mol. The number of anilines is 1. The van der Waals surface area contributed by atoms with Gasteiger partial charge in [-0.05, 0) is 26.0 Å². The van der Waals surface area contributed by atoms with Crippen molar-refractivity contribution in [3.05, 3.63) is 39.6 Å². The Labute approximate surface area is 128 Å². The van der Waals surface area contributed by atoms with E-state index in [1.165, 1.54) is 11.3 Å². The maximum Gasteiger partial charge on any atom is 0.278 e. The number of rotatable bonds is 3. The molecule has 0 saturated carbocycles. The first-order valence-electron chi connectivity index (χ1n) is 6.51. The van der Waals surface area contributed by atoms with E-state index in [4.69, 9.17) is 0 Å². The monoisotopic (exact) mass is 316 g/mol. The van der Waals surface area contributed by atoms with Crippen LogP contribution >= 0.6 is 11.3 Å². The number of nitrogens with zero attached hydrogens (tertiary/aromatic N) is 5. The van der Waals surface area contributed by atoms with Crippen molar-refractivity contribution in [2.45, 2.75) is 19.9 Å². The van der Waals surface area contributed by atoms with Gasteiger partial charge in [-0.2, -0.15) is 4.68 Å². The van der Waals surface area contributed by atoms with Crippen LogP contribution in [-0.2, 0) is 4.79 Å². The summed E-state index contributed by atoms with van der Waals surface area (Å²) >= 11 is 1.26. The molecule has 0 unspecified atom stereocenters. The average molecular weight is 316 g/mol. The van der Waals surface area contributed by atoms with E-state index in [0.29, 0.717) is 16.0 Å². The van der Waals surface area contributed by atoms with Crippen LogP contribution in [0.4, 0.5) is 5.13 Å². The van der Waals surface area contributed by atoms with Gasteiger partial charge in [0, 0.05) is 0 Å². The Morgan fingerprint density at radius 1 is 1.27 bits per heavy atom. The second-order valence-corrected chi connectivity index (χ2v) is 5.83. The molecule has 0 aliphatic carbocycles. The zero-order valence-corrected chi connectivity index (χ0v) is 12.7. The van der Waals surface area contributed by atoms with Gasteiger partial charge in [0.15, 0.2) is 0 Å². The minimum Gasteiger partial charge on any atom is -0.299 e. The smallest absolute Gasteiger partial charge is 0.278 e. The van der Waals surface area contributed by atoms with Gasteiger partial charge in [-0.1, -0.05) is 28.7 Å². The van der Waals surface area contributed by atoms with Crippen molar-refractivity contribution >= 4 is 33.3 Å². The van der Waals surface area contributed by atoms with Crippen LogP contribution < -0.4 is 10.9 Å². The SMILES string of the molecule is Cc1nnc(NC(=O)[C@@H](C)n2nnc3ccccc3c2=O)s1. The van der Waals surface area contributed by atoms with Crippen molar-refractivity contribution < 1.29 is 4.79 Å². The summed E-state index contributed by atoms with van der Waals surface area (Å²) < 4.78 is 1.06. The number of hydrogen-bond donors (Lipinski definition) is 1. The molecule has 0 saturated heterocycles. The van der Waals surface area contributed by atoms with Crippen LogP contribution in [0.2, 0.25) is 0 Å². The van der Waals surface area contributed by atoms with E-state index >= 15 is 0 Å². The molecule has 112 valence electrons. The van der Waals surface area contributed by atoms with Crippen LogP contribution in [0.25, 0.3) is 10.9 Å². The van der Waals surface area contributed by atoms with Gasteiger partial charge in [0.1, 0.15) is 16.6 Å². The number of aryl methyl sites for hydroxylation is 1. The normalized spacial score (nSPS) is 12.3. The quantitative estimate of drug-likeness (QED) is 0.777. The summed E-state index contributed by atoms with van der Waals surface area (Å²) in [6.45, 7) is 3.37. The molecule has 1 aromatic carbocycles. The fourth-order valence-corrected chi connectivity index (χ4v) is 2.52. The molecule has 1 amide bonds. The molecule has 3 rings (SSSR count). The third-order valence-electron chi connectivity index (χ3n) is 3.09. The van der Waals surface area contributed by atoms with Crippen LogP contribution in [0.1, 0.15) is 18.0 Å². The lowest BCUT2D eigenvalue weighted by Gasteiger charge is -2.12. The second kappa shape index (κ2) is 5.60.